The molecule has 0 fully saturated rings. The molecule has 43 heavy (non-hydrogen) atoms. The molecule has 0 aliphatic carbocycles. The molecule has 0 aromatic rings. The molecule has 5 unspecified atom stereocenters. The molecular formula is C26H42N4O13. The van der Waals surface area contributed by atoms with Crippen LogP contribution in [0.3, 0.4) is 0 Å². The number of carbonyl (C=O) groups excluding carboxylic acids is 7. The van der Waals surface area contributed by atoms with Crippen LogP contribution in [0.15, 0.2) is 0 Å². The first kappa shape index (κ1) is 39.4. The van der Waals surface area contributed by atoms with Gasteiger partial charge in [0, 0.05) is 32.1 Å². The van der Waals surface area contributed by atoms with Crippen molar-refractivity contribution < 1.29 is 63.9 Å². The predicted molar refractivity (Wildman–Crippen MR) is 146 cm³/mol. The number of ketones is 4. The van der Waals surface area contributed by atoms with Crippen molar-refractivity contribution in [3.8, 4) is 0 Å². The number of aliphatic hydroxyl groups excluding tert-OH is 4. The van der Waals surface area contributed by atoms with Crippen molar-refractivity contribution in [2.24, 2.45) is 11.8 Å². The zero-order valence-electron chi connectivity index (χ0n) is 24.2. The van der Waals surface area contributed by atoms with Crippen molar-refractivity contribution in [1.29, 1.82) is 0 Å². The molecule has 0 saturated heterocycles. The molecule has 0 aromatic carbocycles. The molecule has 0 bridgehead atoms. The molecule has 9 N–H and O–H groups in total. The zero-order valence-corrected chi connectivity index (χ0v) is 24.2. The number of hydrogen-bond acceptors (Lipinski definition) is 13. The number of likely N-dealkylation sites (N-methyl/N-ethyl adjacent to an activating group) is 1. The van der Waals surface area contributed by atoms with Crippen molar-refractivity contribution in [2.75, 3.05) is 40.0 Å². The molecule has 3 amide bonds. The predicted octanol–water partition coefficient (Wildman–Crippen LogP) is -4.42. The Kier molecular flexibility index (Phi) is 19.3. The SMILES string of the molecule is CNC(CCC(=O)CC(CO)C(=O)NC(CO)C(=O)CCC(=O)NC(CO)C(=O)CC(CO)C(=O)NCC(C)=O)C(=O)O. The number of Topliss-reactive ketones (excluding diaryl/α,β-unsaturated/α-hetero) is 4. The third-order valence-corrected chi connectivity index (χ3v) is 6.37. The Balaban J connectivity index is 4.94. The molecule has 17 heteroatoms. The minimum atomic E-state index is -1.49. The quantitative estimate of drug-likeness (QED) is 0.0494. The fourth-order valence-electron chi connectivity index (χ4n) is 3.72. The minimum absolute atomic E-state index is 0.0501. The van der Waals surface area contributed by atoms with Crippen molar-refractivity contribution in [3.63, 3.8) is 0 Å². The van der Waals surface area contributed by atoms with Crippen LogP contribution in [0.2, 0.25) is 0 Å². The van der Waals surface area contributed by atoms with Crippen LogP contribution in [0.5, 0.6) is 0 Å². The van der Waals surface area contributed by atoms with E-state index in [9.17, 15) is 58.8 Å². The summed E-state index contributed by atoms with van der Waals surface area (Å²) in [6, 6.07) is -3.93. The fourth-order valence-corrected chi connectivity index (χ4v) is 3.72. The van der Waals surface area contributed by atoms with Crippen molar-refractivity contribution in [2.45, 2.75) is 63.6 Å². The van der Waals surface area contributed by atoms with Gasteiger partial charge in [-0.15, -0.1) is 0 Å². The molecule has 0 aliphatic heterocycles. The standard InChI is InChI=1S/C26H42N4O13/c1-14(35)9-28-24(40)16(11-32)8-22(38)20(13-34)29-23(39)6-5-21(37)19(12-33)30-25(41)15(10-31)7-17(36)3-4-18(27-2)26(42)43/h15-16,18-20,27,31-34H,3-13H2,1-2H3,(H,28,40)(H,29,39)(H,30,41)(H,42,43). The lowest BCUT2D eigenvalue weighted by molar-refractivity contribution is -0.140. The Bertz CT molecular complexity index is 1000. The fraction of sp³-hybridized carbons (Fsp3) is 0.692. The van der Waals surface area contributed by atoms with Gasteiger partial charge in [-0.1, -0.05) is 0 Å². The summed E-state index contributed by atoms with van der Waals surface area (Å²) in [5.74, 6) is -8.68. The molecule has 0 aliphatic rings. The first-order chi connectivity index (χ1) is 20.2. The van der Waals surface area contributed by atoms with E-state index in [4.69, 9.17) is 5.11 Å². The average molecular weight is 619 g/mol. The number of hydrogen-bond donors (Lipinski definition) is 9. The second-order valence-corrected chi connectivity index (χ2v) is 9.82. The number of aliphatic carboxylic acids is 1. The molecule has 0 saturated carbocycles. The number of carboxylic acid groups (broad SMARTS) is 1. The van der Waals surface area contributed by atoms with Crippen LogP contribution in [0.25, 0.3) is 0 Å². The highest BCUT2D eigenvalue weighted by Crippen LogP contribution is 2.10. The molecule has 17 nitrogen and oxygen atoms in total. The Hall–Kier alpha value is -3.64. The van der Waals surface area contributed by atoms with Crippen molar-refractivity contribution in [3.05, 3.63) is 0 Å². The van der Waals surface area contributed by atoms with Gasteiger partial charge in [0.2, 0.25) is 17.7 Å². The number of rotatable bonds is 24. The largest absolute Gasteiger partial charge is 0.480 e. The summed E-state index contributed by atoms with van der Waals surface area (Å²) >= 11 is 0. The smallest absolute Gasteiger partial charge is 0.320 e. The van der Waals surface area contributed by atoms with Gasteiger partial charge >= 0.3 is 5.97 Å². The molecule has 0 rings (SSSR count). The average Bonchev–Trinajstić information content (AvgIpc) is 2.97. The Morgan fingerprint density at radius 2 is 1.21 bits per heavy atom. The van der Waals surface area contributed by atoms with Gasteiger partial charge in [-0.05, 0) is 20.4 Å². The molecular weight excluding hydrogens is 576 g/mol. The van der Waals surface area contributed by atoms with E-state index in [1.807, 2.05) is 0 Å². The van der Waals surface area contributed by atoms with Crippen LogP contribution in [0.4, 0.5) is 0 Å². The van der Waals surface area contributed by atoms with Gasteiger partial charge < -0.3 is 46.8 Å². The second-order valence-electron chi connectivity index (χ2n) is 9.82. The third kappa shape index (κ3) is 15.4. The highest BCUT2D eigenvalue weighted by molar-refractivity contribution is 5.96. The van der Waals surface area contributed by atoms with Gasteiger partial charge in [0.15, 0.2) is 11.6 Å². The van der Waals surface area contributed by atoms with Crippen LogP contribution < -0.4 is 21.3 Å². The minimum Gasteiger partial charge on any atom is -0.480 e. The molecule has 0 spiro atoms. The van der Waals surface area contributed by atoms with E-state index in [2.05, 4.69) is 21.3 Å². The maximum atomic E-state index is 12.5. The summed E-state index contributed by atoms with van der Waals surface area (Å²) in [6.45, 7) is -2.32. The first-order valence-electron chi connectivity index (χ1n) is 13.5. The Morgan fingerprint density at radius 1 is 0.651 bits per heavy atom. The third-order valence-electron chi connectivity index (χ3n) is 6.37. The van der Waals surface area contributed by atoms with E-state index in [0.717, 1.165) is 0 Å². The van der Waals surface area contributed by atoms with Gasteiger partial charge in [0.05, 0.1) is 44.8 Å². The lowest BCUT2D eigenvalue weighted by atomic mass is 9.97. The highest BCUT2D eigenvalue weighted by atomic mass is 16.4. The number of carboxylic acids is 1. The lowest BCUT2D eigenvalue weighted by Crippen LogP contribution is -2.48. The molecule has 0 radical (unpaired) electrons. The molecule has 5 atom stereocenters. The van der Waals surface area contributed by atoms with Crippen molar-refractivity contribution >= 4 is 46.8 Å². The number of nitrogens with one attached hydrogen (secondary N) is 4. The summed E-state index contributed by atoms with van der Waals surface area (Å²) in [5.41, 5.74) is 0. The number of amides is 3. The summed E-state index contributed by atoms with van der Waals surface area (Å²) < 4.78 is 0. The Morgan fingerprint density at radius 3 is 1.70 bits per heavy atom. The summed E-state index contributed by atoms with van der Waals surface area (Å²) in [6.07, 6.45) is -2.28. The van der Waals surface area contributed by atoms with Crippen LogP contribution in [0.1, 0.15) is 45.4 Å². The van der Waals surface area contributed by atoms with Gasteiger partial charge in [-0.3, -0.25) is 38.4 Å². The van der Waals surface area contributed by atoms with Gasteiger partial charge in [-0.25, -0.2) is 0 Å². The van der Waals surface area contributed by atoms with E-state index in [1.54, 1.807) is 0 Å². The van der Waals surface area contributed by atoms with Crippen molar-refractivity contribution in [1.82, 2.24) is 21.3 Å². The molecule has 0 heterocycles. The van der Waals surface area contributed by atoms with E-state index in [0.29, 0.717) is 0 Å². The van der Waals surface area contributed by atoms with Crippen LogP contribution in [-0.4, -0.2) is 131 Å². The van der Waals surface area contributed by atoms with Crippen LogP contribution in [0, 0.1) is 11.8 Å². The highest BCUT2D eigenvalue weighted by Gasteiger charge is 2.29. The van der Waals surface area contributed by atoms with Gasteiger partial charge in [-0.2, -0.15) is 0 Å². The van der Waals surface area contributed by atoms with Crippen LogP contribution >= 0.6 is 0 Å². The number of carbonyl (C=O) groups is 8. The first-order valence-corrected chi connectivity index (χ1v) is 13.5. The van der Waals surface area contributed by atoms with E-state index < -0.39 is 123 Å². The second kappa shape index (κ2) is 21.1. The maximum Gasteiger partial charge on any atom is 0.320 e. The topological polar surface area (TPSA) is 286 Å². The monoisotopic (exact) mass is 618 g/mol. The van der Waals surface area contributed by atoms with Gasteiger partial charge in [0.25, 0.3) is 0 Å². The summed E-state index contributed by atoms with van der Waals surface area (Å²) in [7, 11) is 1.41. The Labute approximate surface area is 247 Å². The van der Waals surface area contributed by atoms with E-state index in [-0.39, 0.29) is 25.2 Å². The number of aliphatic hydroxyl groups is 4. The summed E-state index contributed by atoms with van der Waals surface area (Å²) in [5, 5.41) is 56.2. The zero-order chi connectivity index (χ0) is 33.1. The van der Waals surface area contributed by atoms with Gasteiger partial charge in [0.1, 0.15) is 29.7 Å². The summed E-state index contributed by atoms with van der Waals surface area (Å²) in [4.78, 5) is 96.1. The molecule has 244 valence electrons. The maximum absolute atomic E-state index is 12.5. The molecule has 0 aromatic heterocycles. The van der Waals surface area contributed by atoms with Crippen LogP contribution in [-0.2, 0) is 38.4 Å². The normalized spacial score (nSPS) is 14.4. The van der Waals surface area contributed by atoms with E-state index in [1.165, 1.54) is 14.0 Å². The lowest BCUT2D eigenvalue weighted by Gasteiger charge is -2.20. The van der Waals surface area contributed by atoms with E-state index >= 15 is 0 Å².